The zero-order valence-corrected chi connectivity index (χ0v) is 13.4. The van der Waals surface area contributed by atoms with Crippen LogP contribution in [0.3, 0.4) is 0 Å². The molecule has 0 aromatic heterocycles. The van der Waals surface area contributed by atoms with Crippen LogP contribution < -0.4 is 11.5 Å². The number of rotatable bonds is 10. The van der Waals surface area contributed by atoms with E-state index in [4.69, 9.17) is 21.3 Å². The Bertz CT molecular complexity index is 287. The average molecular weight is 288 g/mol. The molecule has 5 N–H and O–H groups in total. The summed E-state index contributed by atoms with van der Waals surface area (Å²) in [4.78, 5) is 12.3. The highest BCUT2D eigenvalue weighted by molar-refractivity contribution is 5.74. The summed E-state index contributed by atoms with van der Waals surface area (Å²) in [6.07, 6.45) is 3.47. The van der Waals surface area contributed by atoms with Gasteiger partial charge in [0.25, 0.3) is 0 Å². The lowest BCUT2D eigenvalue weighted by Crippen LogP contribution is -2.54. The minimum Gasteiger partial charge on any atom is -0.463 e. The van der Waals surface area contributed by atoms with Gasteiger partial charge in [-0.2, -0.15) is 0 Å². The first-order valence-corrected chi connectivity index (χ1v) is 7.67. The van der Waals surface area contributed by atoms with Gasteiger partial charge in [-0.05, 0) is 32.1 Å². The molecule has 0 aromatic carbocycles. The summed E-state index contributed by atoms with van der Waals surface area (Å²) in [7, 11) is 0. The minimum atomic E-state index is -0.610. The van der Waals surface area contributed by atoms with Crippen molar-refractivity contribution in [2.75, 3.05) is 13.2 Å². The summed E-state index contributed by atoms with van der Waals surface area (Å²) in [5, 5.41) is 8.81. The highest BCUT2D eigenvalue weighted by atomic mass is 16.5. The van der Waals surface area contributed by atoms with Crippen LogP contribution in [0.2, 0.25) is 0 Å². The van der Waals surface area contributed by atoms with Gasteiger partial charge >= 0.3 is 5.97 Å². The Kier molecular flexibility index (Phi) is 8.32. The number of carbonyl (C=O) groups excluding carboxylic acids is 1. The van der Waals surface area contributed by atoms with Crippen LogP contribution in [-0.2, 0) is 9.53 Å². The van der Waals surface area contributed by atoms with Crippen LogP contribution in [0.1, 0.15) is 59.8 Å². The number of aliphatic hydroxyl groups is 1. The normalized spacial score (nSPS) is 14.2. The number of aliphatic hydroxyl groups excluding tert-OH is 1. The first kappa shape index (κ1) is 19.4. The van der Waals surface area contributed by atoms with Crippen molar-refractivity contribution < 1.29 is 14.6 Å². The number of esters is 1. The Hall–Kier alpha value is -0.650. The molecule has 120 valence electrons. The Morgan fingerprint density at radius 2 is 1.60 bits per heavy atom. The fourth-order valence-electron chi connectivity index (χ4n) is 2.46. The lowest BCUT2D eigenvalue weighted by Gasteiger charge is -2.39. The quantitative estimate of drug-likeness (QED) is 0.530. The summed E-state index contributed by atoms with van der Waals surface area (Å²) < 4.78 is 5.11. The molecule has 20 heavy (non-hydrogen) atoms. The maximum Gasteiger partial charge on any atom is 0.310 e. The van der Waals surface area contributed by atoms with Gasteiger partial charge in [0.2, 0.25) is 0 Å². The maximum atomic E-state index is 12.3. The van der Waals surface area contributed by atoms with E-state index in [1.807, 2.05) is 27.7 Å². The molecule has 0 rings (SSSR count). The number of ether oxygens (including phenoxy) is 1. The number of hydrogen-bond acceptors (Lipinski definition) is 5. The molecule has 0 fully saturated rings. The third kappa shape index (κ3) is 5.04. The van der Waals surface area contributed by atoms with Gasteiger partial charge in [-0.25, -0.2) is 0 Å². The van der Waals surface area contributed by atoms with E-state index < -0.39 is 17.0 Å². The van der Waals surface area contributed by atoms with Gasteiger partial charge in [0, 0.05) is 11.1 Å². The third-order valence-corrected chi connectivity index (χ3v) is 4.65. The molecular formula is C15H32N2O3. The Morgan fingerprint density at radius 3 is 1.95 bits per heavy atom. The number of carbonyl (C=O) groups is 1. The largest absolute Gasteiger partial charge is 0.463 e. The summed E-state index contributed by atoms with van der Waals surface area (Å²) in [6.45, 7) is 7.83. The van der Waals surface area contributed by atoms with E-state index in [0.717, 1.165) is 12.8 Å². The Morgan fingerprint density at radius 1 is 1.10 bits per heavy atom. The molecule has 0 aliphatic heterocycles. The van der Waals surface area contributed by atoms with E-state index >= 15 is 0 Å². The van der Waals surface area contributed by atoms with E-state index in [-0.39, 0.29) is 19.2 Å². The summed E-state index contributed by atoms with van der Waals surface area (Å²) in [6, 6.07) is 0. The predicted molar refractivity (Wildman–Crippen MR) is 81.2 cm³/mol. The molecule has 0 aliphatic rings. The molecule has 1 unspecified atom stereocenters. The molecule has 0 aromatic rings. The van der Waals surface area contributed by atoms with Gasteiger partial charge in [0.15, 0.2) is 0 Å². The average Bonchev–Trinajstić information content (AvgIpc) is 2.49. The second-order valence-corrected chi connectivity index (χ2v) is 5.66. The Balaban J connectivity index is 5.20. The Labute approximate surface area is 123 Å². The van der Waals surface area contributed by atoms with Gasteiger partial charge in [0.1, 0.15) is 6.61 Å². The SMILES string of the molecule is CCC(N)(CC)CC(C(=O)OCCO)C(N)(CC)CC. The van der Waals surface area contributed by atoms with Crippen molar-refractivity contribution in [1.82, 2.24) is 0 Å². The fourth-order valence-corrected chi connectivity index (χ4v) is 2.46. The van der Waals surface area contributed by atoms with E-state index in [9.17, 15) is 4.79 Å². The summed E-state index contributed by atoms with van der Waals surface area (Å²) in [5.41, 5.74) is 11.8. The van der Waals surface area contributed by atoms with Crippen LogP contribution in [0.15, 0.2) is 0 Å². The molecule has 5 nitrogen and oxygen atoms in total. The summed E-state index contributed by atoms with van der Waals surface area (Å²) >= 11 is 0. The van der Waals surface area contributed by atoms with Crippen molar-refractivity contribution in [2.45, 2.75) is 70.9 Å². The smallest absolute Gasteiger partial charge is 0.310 e. The minimum absolute atomic E-state index is 0.00859. The van der Waals surface area contributed by atoms with Crippen LogP contribution in [-0.4, -0.2) is 35.4 Å². The second-order valence-electron chi connectivity index (χ2n) is 5.66. The molecule has 0 bridgehead atoms. The molecule has 0 aliphatic carbocycles. The van der Waals surface area contributed by atoms with Crippen LogP contribution >= 0.6 is 0 Å². The molecule has 0 heterocycles. The van der Waals surface area contributed by atoms with E-state index in [1.165, 1.54) is 0 Å². The van der Waals surface area contributed by atoms with Crippen molar-refractivity contribution >= 4 is 5.97 Å². The molecule has 5 heteroatoms. The van der Waals surface area contributed by atoms with Crippen LogP contribution in [0.4, 0.5) is 0 Å². The monoisotopic (exact) mass is 288 g/mol. The van der Waals surface area contributed by atoms with Gasteiger partial charge < -0.3 is 21.3 Å². The first-order valence-electron chi connectivity index (χ1n) is 7.67. The predicted octanol–water partition coefficient (Wildman–Crippen LogP) is 1.56. The molecular weight excluding hydrogens is 256 g/mol. The van der Waals surface area contributed by atoms with Crippen LogP contribution in [0, 0.1) is 5.92 Å². The standard InChI is InChI=1S/C15H32N2O3/c1-5-14(16,6-2)11-12(13(19)20-10-9-18)15(17,7-3)8-4/h12,18H,5-11,16-17H2,1-4H3. The molecule has 0 radical (unpaired) electrons. The van der Waals surface area contributed by atoms with Crippen molar-refractivity contribution in [3.63, 3.8) is 0 Å². The van der Waals surface area contributed by atoms with Crippen LogP contribution in [0.5, 0.6) is 0 Å². The van der Waals surface area contributed by atoms with Gasteiger partial charge in [-0.3, -0.25) is 4.79 Å². The van der Waals surface area contributed by atoms with Gasteiger partial charge in [0.05, 0.1) is 12.5 Å². The van der Waals surface area contributed by atoms with E-state index in [0.29, 0.717) is 19.3 Å². The van der Waals surface area contributed by atoms with Crippen LogP contribution in [0.25, 0.3) is 0 Å². The zero-order valence-electron chi connectivity index (χ0n) is 13.4. The molecule has 0 amide bonds. The number of nitrogens with two attached hydrogens (primary N) is 2. The fraction of sp³-hybridized carbons (Fsp3) is 0.933. The highest BCUT2D eigenvalue weighted by Crippen LogP contribution is 2.32. The highest BCUT2D eigenvalue weighted by Gasteiger charge is 2.42. The van der Waals surface area contributed by atoms with Crippen molar-refractivity contribution in [1.29, 1.82) is 0 Å². The van der Waals surface area contributed by atoms with E-state index in [2.05, 4.69) is 0 Å². The molecule has 1 atom stereocenters. The third-order valence-electron chi connectivity index (χ3n) is 4.65. The topological polar surface area (TPSA) is 98.6 Å². The second kappa shape index (κ2) is 8.60. The number of hydrogen-bond donors (Lipinski definition) is 3. The summed E-state index contributed by atoms with van der Waals surface area (Å²) in [5.74, 6) is -0.782. The van der Waals surface area contributed by atoms with Crippen molar-refractivity contribution in [3.8, 4) is 0 Å². The lowest BCUT2D eigenvalue weighted by molar-refractivity contribution is -0.153. The van der Waals surface area contributed by atoms with Gasteiger partial charge in [-0.15, -0.1) is 0 Å². The zero-order chi connectivity index (χ0) is 15.8. The maximum absolute atomic E-state index is 12.3. The van der Waals surface area contributed by atoms with Gasteiger partial charge in [-0.1, -0.05) is 27.7 Å². The molecule has 0 saturated heterocycles. The lowest BCUT2D eigenvalue weighted by atomic mass is 9.72. The van der Waals surface area contributed by atoms with Crippen molar-refractivity contribution in [3.05, 3.63) is 0 Å². The van der Waals surface area contributed by atoms with Crippen molar-refractivity contribution in [2.24, 2.45) is 17.4 Å². The molecule has 0 saturated carbocycles. The van der Waals surface area contributed by atoms with E-state index in [1.54, 1.807) is 0 Å². The molecule has 0 spiro atoms. The first-order chi connectivity index (χ1) is 9.32.